The Morgan fingerprint density at radius 2 is 2.14 bits per heavy atom. The Labute approximate surface area is 133 Å². The Hall–Kier alpha value is -2.21. The van der Waals surface area contributed by atoms with Crippen molar-refractivity contribution in [1.82, 2.24) is 9.88 Å². The van der Waals surface area contributed by atoms with Crippen LogP contribution in [0.4, 0.5) is 0 Å². The van der Waals surface area contributed by atoms with E-state index < -0.39 is 5.97 Å². The van der Waals surface area contributed by atoms with E-state index in [1.807, 2.05) is 26.0 Å². The van der Waals surface area contributed by atoms with Crippen LogP contribution in [0.5, 0.6) is 0 Å². The molecule has 0 aliphatic heterocycles. The Bertz CT molecular complexity index is 648. The molecule has 0 aromatic carbocycles. The summed E-state index contributed by atoms with van der Waals surface area (Å²) in [6.07, 6.45) is 3.28. The number of hydrogen-bond donors (Lipinski definition) is 1. The highest BCUT2D eigenvalue weighted by atomic mass is 32.1. The molecule has 1 amide bonds. The fourth-order valence-electron chi connectivity index (χ4n) is 2.03. The van der Waals surface area contributed by atoms with Crippen molar-refractivity contribution in [2.45, 2.75) is 26.8 Å². The number of carboxylic acids is 1. The van der Waals surface area contributed by atoms with Crippen LogP contribution in [-0.4, -0.2) is 33.4 Å². The van der Waals surface area contributed by atoms with Crippen molar-refractivity contribution >= 4 is 23.2 Å². The van der Waals surface area contributed by atoms with E-state index in [0.29, 0.717) is 11.4 Å². The molecular weight excluding hydrogens is 300 g/mol. The average molecular weight is 318 g/mol. The Morgan fingerprint density at radius 1 is 1.36 bits per heavy atom. The molecule has 2 rings (SSSR count). The fourth-order valence-corrected chi connectivity index (χ4v) is 3.03. The second-order valence-electron chi connectivity index (χ2n) is 5.08. The standard InChI is InChI=1S/C16H18N2O3S/c1-11-8-14(22-12(11)2)16(21)18(7-5-15(19)20)10-13-4-3-6-17-9-13/h3-4,6,8-9H,5,7,10H2,1-2H3,(H,19,20). The Morgan fingerprint density at radius 3 is 2.68 bits per heavy atom. The summed E-state index contributed by atoms with van der Waals surface area (Å²) >= 11 is 1.44. The minimum Gasteiger partial charge on any atom is -0.481 e. The number of aliphatic carboxylic acids is 1. The first-order valence-corrected chi connectivity index (χ1v) is 7.76. The molecule has 0 aliphatic carbocycles. The van der Waals surface area contributed by atoms with E-state index in [2.05, 4.69) is 4.98 Å². The van der Waals surface area contributed by atoms with Gasteiger partial charge in [-0.15, -0.1) is 11.3 Å². The monoisotopic (exact) mass is 318 g/mol. The highest BCUT2D eigenvalue weighted by molar-refractivity contribution is 7.14. The molecule has 6 heteroatoms. The number of pyridine rings is 1. The summed E-state index contributed by atoms with van der Waals surface area (Å²) in [7, 11) is 0. The van der Waals surface area contributed by atoms with Crippen molar-refractivity contribution in [2.24, 2.45) is 0 Å². The number of aromatic nitrogens is 1. The van der Waals surface area contributed by atoms with Gasteiger partial charge in [0.1, 0.15) is 0 Å². The van der Waals surface area contributed by atoms with Crippen LogP contribution in [0.25, 0.3) is 0 Å². The van der Waals surface area contributed by atoms with Crippen LogP contribution < -0.4 is 0 Å². The number of rotatable bonds is 6. The summed E-state index contributed by atoms with van der Waals surface area (Å²) in [5.74, 6) is -1.05. The molecule has 0 unspecified atom stereocenters. The normalized spacial score (nSPS) is 10.5. The zero-order valence-electron chi connectivity index (χ0n) is 12.6. The fraction of sp³-hybridized carbons (Fsp3) is 0.312. The number of carboxylic acid groups (broad SMARTS) is 1. The van der Waals surface area contributed by atoms with Gasteiger partial charge in [-0.3, -0.25) is 14.6 Å². The number of carbonyl (C=O) groups excluding carboxylic acids is 1. The summed E-state index contributed by atoms with van der Waals surface area (Å²) < 4.78 is 0. The molecule has 0 aliphatic rings. The third kappa shape index (κ3) is 4.14. The first-order chi connectivity index (χ1) is 10.5. The zero-order valence-corrected chi connectivity index (χ0v) is 13.4. The van der Waals surface area contributed by atoms with Crippen LogP contribution in [0, 0.1) is 13.8 Å². The summed E-state index contributed by atoms with van der Waals surface area (Å²) in [6.45, 7) is 4.47. The molecule has 1 N–H and O–H groups in total. The second kappa shape index (κ2) is 7.17. The quantitative estimate of drug-likeness (QED) is 0.889. The van der Waals surface area contributed by atoms with E-state index in [4.69, 9.17) is 5.11 Å². The molecular formula is C16H18N2O3S. The molecule has 0 saturated heterocycles. The van der Waals surface area contributed by atoms with Gasteiger partial charge in [0.25, 0.3) is 5.91 Å². The molecule has 0 saturated carbocycles. The summed E-state index contributed by atoms with van der Waals surface area (Å²) in [4.78, 5) is 30.8. The average Bonchev–Trinajstić information content (AvgIpc) is 2.83. The zero-order chi connectivity index (χ0) is 16.1. The number of thiophene rings is 1. The summed E-state index contributed by atoms with van der Waals surface area (Å²) in [5.41, 5.74) is 1.96. The number of nitrogens with zero attached hydrogens (tertiary/aromatic N) is 2. The predicted octanol–water partition coefficient (Wildman–Crippen LogP) is 2.88. The molecule has 0 atom stereocenters. The van der Waals surface area contributed by atoms with E-state index in [9.17, 15) is 9.59 Å². The molecule has 2 aromatic heterocycles. The van der Waals surface area contributed by atoms with Crippen LogP contribution in [0.2, 0.25) is 0 Å². The number of aryl methyl sites for hydroxylation is 2. The van der Waals surface area contributed by atoms with Gasteiger partial charge in [0.05, 0.1) is 11.3 Å². The van der Waals surface area contributed by atoms with E-state index in [1.165, 1.54) is 11.3 Å². The van der Waals surface area contributed by atoms with E-state index in [0.717, 1.165) is 16.0 Å². The third-order valence-electron chi connectivity index (χ3n) is 3.36. The molecule has 22 heavy (non-hydrogen) atoms. The first kappa shape index (κ1) is 16.2. The maximum Gasteiger partial charge on any atom is 0.305 e. The Balaban J connectivity index is 2.19. The number of carbonyl (C=O) groups is 2. The van der Waals surface area contributed by atoms with Gasteiger partial charge in [-0.25, -0.2) is 0 Å². The number of hydrogen-bond acceptors (Lipinski definition) is 4. The summed E-state index contributed by atoms with van der Waals surface area (Å²) in [5, 5.41) is 8.88. The first-order valence-electron chi connectivity index (χ1n) is 6.94. The molecule has 0 fully saturated rings. The van der Waals surface area contributed by atoms with Gasteiger partial charge in [-0.2, -0.15) is 0 Å². The van der Waals surface area contributed by atoms with Gasteiger partial charge in [0.15, 0.2) is 0 Å². The van der Waals surface area contributed by atoms with Crippen molar-refractivity contribution in [3.8, 4) is 0 Å². The third-order valence-corrected chi connectivity index (χ3v) is 4.50. The van der Waals surface area contributed by atoms with Crippen molar-refractivity contribution in [1.29, 1.82) is 0 Å². The molecule has 0 spiro atoms. The molecule has 2 aromatic rings. The molecule has 0 radical (unpaired) electrons. The SMILES string of the molecule is Cc1cc(C(=O)N(CCC(=O)O)Cc2cccnc2)sc1C. The van der Waals surface area contributed by atoms with Crippen molar-refractivity contribution < 1.29 is 14.7 Å². The van der Waals surface area contributed by atoms with Gasteiger partial charge < -0.3 is 10.0 Å². The second-order valence-corrected chi connectivity index (χ2v) is 6.34. The van der Waals surface area contributed by atoms with Crippen LogP contribution >= 0.6 is 11.3 Å². The largest absolute Gasteiger partial charge is 0.481 e. The lowest BCUT2D eigenvalue weighted by molar-refractivity contribution is -0.137. The van der Waals surface area contributed by atoms with Gasteiger partial charge in [0.2, 0.25) is 0 Å². The van der Waals surface area contributed by atoms with Gasteiger partial charge in [-0.05, 0) is 37.1 Å². The maximum absolute atomic E-state index is 12.7. The Kier molecular flexibility index (Phi) is 5.27. The van der Waals surface area contributed by atoms with E-state index in [-0.39, 0.29) is 18.9 Å². The van der Waals surface area contributed by atoms with Crippen molar-refractivity contribution in [2.75, 3.05) is 6.54 Å². The van der Waals surface area contributed by atoms with Gasteiger partial charge >= 0.3 is 5.97 Å². The van der Waals surface area contributed by atoms with E-state index >= 15 is 0 Å². The van der Waals surface area contributed by atoms with Crippen LogP contribution in [-0.2, 0) is 11.3 Å². The van der Waals surface area contributed by atoms with Gasteiger partial charge in [-0.1, -0.05) is 6.07 Å². The molecule has 0 bridgehead atoms. The van der Waals surface area contributed by atoms with Gasteiger partial charge in [0, 0.05) is 30.4 Å². The maximum atomic E-state index is 12.7. The van der Waals surface area contributed by atoms with E-state index in [1.54, 1.807) is 23.4 Å². The molecule has 2 heterocycles. The minimum atomic E-state index is -0.914. The lowest BCUT2D eigenvalue weighted by Crippen LogP contribution is -2.32. The van der Waals surface area contributed by atoms with Crippen LogP contribution in [0.3, 0.4) is 0 Å². The molecule has 116 valence electrons. The summed E-state index contributed by atoms with van der Waals surface area (Å²) in [6, 6.07) is 5.53. The highest BCUT2D eigenvalue weighted by Gasteiger charge is 2.19. The lowest BCUT2D eigenvalue weighted by atomic mass is 10.2. The van der Waals surface area contributed by atoms with Crippen LogP contribution in [0.15, 0.2) is 30.6 Å². The topological polar surface area (TPSA) is 70.5 Å². The highest BCUT2D eigenvalue weighted by Crippen LogP contribution is 2.23. The van der Waals surface area contributed by atoms with Crippen molar-refractivity contribution in [3.05, 3.63) is 51.5 Å². The predicted molar refractivity (Wildman–Crippen MR) is 85.0 cm³/mol. The number of amides is 1. The minimum absolute atomic E-state index is 0.0741. The lowest BCUT2D eigenvalue weighted by Gasteiger charge is -2.21. The smallest absolute Gasteiger partial charge is 0.305 e. The molecule has 5 nitrogen and oxygen atoms in total. The van der Waals surface area contributed by atoms with Crippen LogP contribution in [0.1, 0.15) is 32.1 Å². The van der Waals surface area contributed by atoms with Crippen molar-refractivity contribution in [3.63, 3.8) is 0 Å².